The van der Waals surface area contributed by atoms with Crippen molar-refractivity contribution in [1.29, 1.82) is 0 Å². The molecule has 1 unspecified atom stereocenters. The monoisotopic (exact) mass is 208 g/mol. The van der Waals surface area contributed by atoms with Gasteiger partial charge in [0, 0.05) is 0 Å². The van der Waals surface area contributed by atoms with Crippen molar-refractivity contribution in [1.82, 2.24) is 0 Å². The molecule has 1 nitrogen and oxygen atoms in total. The smallest absolute Gasteiger partial charge is 0.119 e. The van der Waals surface area contributed by atoms with E-state index in [0.717, 1.165) is 12.4 Å². The molecule has 0 radical (unpaired) electrons. The van der Waals surface area contributed by atoms with E-state index >= 15 is 0 Å². The summed E-state index contributed by atoms with van der Waals surface area (Å²) >= 11 is 0. The first-order valence-electron chi connectivity index (χ1n) is 5.48. The molecule has 0 bridgehead atoms. The normalized spacial score (nSPS) is 13.4. The molecule has 0 fully saturated rings. The van der Waals surface area contributed by atoms with E-state index in [1.54, 1.807) is 0 Å². The van der Waals surface area contributed by atoms with Crippen molar-refractivity contribution in [3.63, 3.8) is 0 Å². The first kappa shape index (κ1) is 11.3. The SMILES string of the molecule is CCC(C)COc1ccc([SiH2]C)cc1. The molecule has 1 rings (SSSR count). The molecule has 0 saturated carbocycles. The molecule has 0 spiro atoms. The second kappa shape index (κ2) is 5.86. The fourth-order valence-electron chi connectivity index (χ4n) is 1.18. The molecule has 1 atom stereocenters. The van der Waals surface area contributed by atoms with Crippen molar-refractivity contribution in [2.75, 3.05) is 6.61 Å². The number of ether oxygens (including phenoxy) is 1. The van der Waals surface area contributed by atoms with Crippen LogP contribution in [0.1, 0.15) is 20.3 Å². The minimum absolute atomic E-state index is 0.0142. The maximum absolute atomic E-state index is 5.67. The van der Waals surface area contributed by atoms with E-state index in [1.807, 2.05) is 0 Å². The summed E-state index contributed by atoms with van der Waals surface area (Å²) in [6.45, 7) is 7.54. The zero-order valence-electron chi connectivity index (χ0n) is 9.42. The molecule has 1 aromatic rings. The average molecular weight is 208 g/mol. The predicted molar refractivity (Wildman–Crippen MR) is 65.4 cm³/mol. The highest BCUT2D eigenvalue weighted by atomic mass is 28.2. The van der Waals surface area contributed by atoms with Gasteiger partial charge in [-0.25, -0.2) is 0 Å². The lowest BCUT2D eigenvalue weighted by atomic mass is 10.1. The van der Waals surface area contributed by atoms with Gasteiger partial charge < -0.3 is 4.74 Å². The van der Waals surface area contributed by atoms with Gasteiger partial charge >= 0.3 is 0 Å². The summed E-state index contributed by atoms with van der Waals surface area (Å²) in [5, 5.41) is 1.50. The lowest BCUT2D eigenvalue weighted by Gasteiger charge is -2.10. The van der Waals surface area contributed by atoms with Crippen LogP contribution < -0.4 is 9.92 Å². The van der Waals surface area contributed by atoms with Crippen molar-refractivity contribution in [3.05, 3.63) is 24.3 Å². The molecule has 0 aliphatic rings. The standard InChI is InChI=1S/C12H20OSi/c1-4-10(2)9-13-11-5-7-12(14-3)8-6-11/h5-8,10H,4,9,14H2,1-3H3. The van der Waals surface area contributed by atoms with Crippen LogP contribution in [-0.4, -0.2) is 16.1 Å². The maximum Gasteiger partial charge on any atom is 0.119 e. The Morgan fingerprint density at radius 1 is 1.29 bits per heavy atom. The summed E-state index contributed by atoms with van der Waals surface area (Å²) in [7, 11) is -0.0142. The average Bonchev–Trinajstić information content (AvgIpc) is 2.26. The lowest BCUT2D eigenvalue weighted by molar-refractivity contribution is 0.256. The molecular weight excluding hydrogens is 188 g/mol. The Morgan fingerprint density at radius 2 is 1.93 bits per heavy atom. The second-order valence-electron chi connectivity index (χ2n) is 3.82. The van der Waals surface area contributed by atoms with Crippen LogP contribution in [0.25, 0.3) is 0 Å². The Balaban J connectivity index is 2.43. The van der Waals surface area contributed by atoms with Gasteiger partial charge in [-0.05, 0) is 18.1 Å². The van der Waals surface area contributed by atoms with Crippen LogP contribution in [0.5, 0.6) is 5.75 Å². The van der Waals surface area contributed by atoms with Gasteiger partial charge in [-0.1, -0.05) is 44.1 Å². The van der Waals surface area contributed by atoms with Gasteiger partial charge in [-0.2, -0.15) is 0 Å². The highest BCUT2D eigenvalue weighted by Gasteiger charge is 1.99. The van der Waals surface area contributed by atoms with Gasteiger partial charge in [0.05, 0.1) is 16.1 Å². The van der Waals surface area contributed by atoms with E-state index in [9.17, 15) is 0 Å². The fourth-order valence-corrected chi connectivity index (χ4v) is 1.88. The van der Waals surface area contributed by atoms with E-state index in [1.165, 1.54) is 11.6 Å². The molecule has 0 saturated heterocycles. The quantitative estimate of drug-likeness (QED) is 0.672. The molecule has 0 N–H and O–H groups in total. The predicted octanol–water partition coefficient (Wildman–Crippen LogP) is 1.95. The Bertz CT molecular complexity index is 256. The Morgan fingerprint density at radius 3 is 2.43 bits per heavy atom. The van der Waals surface area contributed by atoms with Gasteiger partial charge in [0.25, 0.3) is 0 Å². The van der Waals surface area contributed by atoms with E-state index in [-0.39, 0.29) is 9.52 Å². The first-order valence-corrected chi connectivity index (χ1v) is 7.60. The van der Waals surface area contributed by atoms with Crippen molar-refractivity contribution >= 4 is 14.7 Å². The number of hydrogen-bond donors (Lipinski definition) is 0. The largest absolute Gasteiger partial charge is 0.493 e. The number of rotatable bonds is 5. The number of hydrogen-bond acceptors (Lipinski definition) is 1. The molecule has 1 aromatic carbocycles. The van der Waals surface area contributed by atoms with Crippen LogP contribution in [0, 0.1) is 5.92 Å². The minimum atomic E-state index is -0.0142. The Hall–Kier alpha value is -0.763. The fraction of sp³-hybridized carbons (Fsp3) is 0.500. The van der Waals surface area contributed by atoms with Gasteiger partial charge in [0.1, 0.15) is 5.75 Å². The van der Waals surface area contributed by atoms with Gasteiger partial charge in [-0.3, -0.25) is 0 Å². The third kappa shape index (κ3) is 3.54. The lowest BCUT2D eigenvalue weighted by Crippen LogP contribution is -2.11. The molecule has 2 heteroatoms. The number of benzene rings is 1. The van der Waals surface area contributed by atoms with Gasteiger partial charge in [0.2, 0.25) is 0 Å². The van der Waals surface area contributed by atoms with Gasteiger partial charge in [0.15, 0.2) is 0 Å². The molecule has 0 aromatic heterocycles. The third-order valence-corrected chi connectivity index (χ3v) is 3.85. The van der Waals surface area contributed by atoms with Crippen molar-refractivity contribution in [2.45, 2.75) is 26.8 Å². The Kier molecular flexibility index (Phi) is 4.74. The molecule has 0 heterocycles. The minimum Gasteiger partial charge on any atom is -0.493 e. The third-order valence-electron chi connectivity index (χ3n) is 2.56. The van der Waals surface area contributed by atoms with E-state index in [4.69, 9.17) is 4.74 Å². The summed E-state index contributed by atoms with van der Waals surface area (Å²) < 4.78 is 5.67. The van der Waals surface area contributed by atoms with Crippen LogP contribution in [0.4, 0.5) is 0 Å². The molecule has 0 aliphatic heterocycles. The summed E-state index contributed by atoms with van der Waals surface area (Å²) in [5.74, 6) is 1.66. The van der Waals surface area contributed by atoms with E-state index in [0.29, 0.717) is 5.92 Å². The van der Waals surface area contributed by atoms with Crippen molar-refractivity contribution in [3.8, 4) is 5.75 Å². The summed E-state index contributed by atoms with van der Waals surface area (Å²) in [6, 6.07) is 8.57. The molecule has 0 amide bonds. The van der Waals surface area contributed by atoms with Crippen LogP contribution >= 0.6 is 0 Å². The summed E-state index contributed by atoms with van der Waals surface area (Å²) in [4.78, 5) is 0. The zero-order valence-corrected chi connectivity index (χ0v) is 10.8. The topological polar surface area (TPSA) is 9.23 Å². The summed E-state index contributed by atoms with van der Waals surface area (Å²) in [6.07, 6.45) is 1.18. The van der Waals surface area contributed by atoms with Crippen LogP contribution in [0.15, 0.2) is 24.3 Å². The van der Waals surface area contributed by atoms with Crippen LogP contribution in [0.3, 0.4) is 0 Å². The first-order chi connectivity index (χ1) is 6.76. The second-order valence-corrected chi connectivity index (χ2v) is 5.35. The molecule has 14 heavy (non-hydrogen) atoms. The molecule has 78 valence electrons. The maximum atomic E-state index is 5.67. The van der Waals surface area contributed by atoms with Crippen molar-refractivity contribution < 1.29 is 4.74 Å². The highest BCUT2D eigenvalue weighted by molar-refractivity contribution is 6.51. The van der Waals surface area contributed by atoms with Crippen LogP contribution in [0.2, 0.25) is 6.55 Å². The van der Waals surface area contributed by atoms with E-state index < -0.39 is 0 Å². The van der Waals surface area contributed by atoms with Gasteiger partial charge in [-0.15, -0.1) is 0 Å². The van der Waals surface area contributed by atoms with E-state index in [2.05, 4.69) is 44.7 Å². The van der Waals surface area contributed by atoms with Crippen molar-refractivity contribution in [2.24, 2.45) is 5.92 Å². The molecule has 0 aliphatic carbocycles. The molecular formula is C12H20OSi. The Labute approximate surface area is 89.3 Å². The van der Waals surface area contributed by atoms with Crippen LogP contribution in [-0.2, 0) is 0 Å². The summed E-state index contributed by atoms with van der Waals surface area (Å²) in [5.41, 5.74) is 0. The highest BCUT2D eigenvalue weighted by Crippen LogP contribution is 2.10. The zero-order chi connectivity index (χ0) is 10.4.